The van der Waals surface area contributed by atoms with Crippen LogP contribution in [-0.2, 0) is 13.1 Å². The molecule has 0 radical (unpaired) electrons. The van der Waals surface area contributed by atoms with Crippen molar-refractivity contribution in [3.8, 4) is 0 Å². The first-order valence-corrected chi connectivity index (χ1v) is 9.24. The summed E-state index contributed by atoms with van der Waals surface area (Å²) < 4.78 is 7.81. The third-order valence-electron chi connectivity index (χ3n) is 4.62. The van der Waals surface area contributed by atoms with Gasteiger partial charge in [-0.1, -0.05) is 42.5 Å². The number of aromatic nitrogens is 2. The Kier molecular flexibility index (Phi) is 5.10. The fourth-order valence-corrected chi connectivity index (χ4v) is 3.07. The van der Waals surface area contributed by atoms with Gasteiger partial charge in [0.15, 0.2) is 0 Å². The van der Waals surface area contributed by atoms with Gasteiger partial charge in [0.1, 0.15) is 11.3 Å². The molecule has 1 atom stereocenters. The number of urea groups is 1. The zero-order chi connectivity index (χ0) is 19.3. The first kappa shape index (κ1) is 17.9. The maximum Gasteiger partial charge on any atom is 0.315 e. The summed E-state index contributed by atoms with van der Waals surface area (Å²) in [5, 5.41) is 6.84. The lowest BCUT2D eigenvalue weighted by Gasteiger charge is -2.13. The minimum absolute atomic E-state index is 0.218. The number of carbonyl (C=O) groups excluding carboxylic acids is 1. The van der Waals surface area contributed by atoms with E-state index in [2.05, 4.69) is 27.8 Å². The molecule has 4 rings (SSSR count). The van der Waals surface area contributed by atoms with Crippen molar-refractivity contribution in [1.82, 2.24) is 20.2 Å². The summed E-state index contributed by atoms with van der Waals surface area (Å²) in [6.45, 7) is 3.15. The van der Waals surface area contributed by atoms with Gasteiger partial charge in [0.05, 0.1) is 12.4 Å². The summed E-state index contributed by atoms with van der Waals surface area (Å²) in [5.41, 5.74) is 3.05. The van der Waals surface area contributed by atoms with Crippen molar-refractivity contribution in [1.29, 1.82) is 0 Å². The van der Waals surface area contributed by atoms with Crippen LogP contribution in [0.3, 0.4) is 0 Å². The lowest BCUT2D eigenvalue weighted by atomic mass is 10.1. The van der Waals surface area contributed by atoms with Crippen LogP contribution in [0.25, 0.3) is 11.0 Å². The SMILES string of the molecule is CC(NC(=O)NCc1ccc(Cn2ccnc2)cc1)c1cc2ccccc2o1. The maximum atomic E-state index is 12.2. The minimum atomic E-state index is -0.226. The van der Waals surface area contributed by atoms with E-state index < -0.39 is 0 Å². The van der Waals surface area contributed by atoms with Crippen LogP contribution in [-0.4, -0.2) is 15.6 Å². The molecule has 0 aliphatic carbocycles. The van der Waals surface area contributed by atoms with E-state index in [0.29, 0.717) is 6.54 Å². The molecule has 142 valence electrons. The van der Waals surface area contributed by atoms with Gasteiger partial charge in [-0.25, -0.2) is 9.78 Å². The zero-order valence-electron chi connectivity index (χ0n) is 15.6. The number of fused-ring (bicyclic) bond motifs is 1. The van der Waals surface area contributed by atoms with Gasteiger partial charge >= 0.3 is 6.03 Å². The van der Waals surface area contributed by atoms with Gasteiger partial charge in [-0.3, -0.25) is 0 Å². The summed E-state index contributed by atoms with van der Waals surface area (Å²) in [4.78, 5) is 16.3. The van der Waals surface area contributed by atoms with Crippen molar-refractivity contribution in [2.45, 2.75) is 26.1 Å². The van der Waals surface area contributed by atoms with E-state index in [-0.39, 0.29) is 12.1 Å². The Morgan fingerprint density at radius 2 is 1.93 bits per heavy atom. The summed E-state index contributed by atoms with van der Waals surface area (Å²) >= 11 is 0. The van der Waals surface area contributed by atoms with Crippen LogP contribution >= 0.6 is 0 Å². The van der Waals surface area contributed by atoms with E-state index in [0.717, 1.165) is 28.8 Å². The molecular formula is C22H22N4O2. The highest BCUT2D eigenvalue weighted by Gasteiger charge is 2.13. The summed E-state index contributed by atoms with van der Waals surface area (Å²) in [5.74, 6) is 0.736. The van der Waals surface area contributed by atoms with Crippen LogP contribution in [0, 0.1) is 0 Å². The van der Waals surface area contributed by atoms with Gasteiger partial charge in [-0.15, -0.1) is 0 Å². The van der Waals surface area contributed by atoms with Crippen LogP contribution in [0.2, 0.25) is 0 Å². The molecule has 0 fully saturated rings. The Morgan fingerprint density at radius 3 is 2.68 bits per heavy atom. The summed E-state index contributed by atoms with van der Waals surface area (Å²) in [7, 11) is 0. The third-order valence-corrected chi connectivity index (χ3v) is 4.62. The Bertz CT molecular complexity index is 1020. The standard InChI is InChI=1S/C22H22N4O2/c1-16(21-12-19-4-2-3-5-20(19)28-21)25-22(27)24-13-17-6-8-18(9-7-17)14-26-11-10-23-15-26/h2-12,15-16H,13-14H2,1H3,(H2,24,25,27). The van der Waals surface area contributed by atoms with Gasteiger partial charge in [0.2, 0.25) is 0 Å². The monoisotopic (exact) mass is 374 g/mol. The molecule has 0 aliphatic rings. The van der Waals surface area contributed by atoms with E-state index in [1.807, 2.05) is 60.2 Å². The van der Waals surface area contributed by atoms with E-state index >= 15 is 0 Å². The molecule has 2 heterocycles. The number of hydrogen-bond donors (Lipinski definition) is 2. The van der Waals surface area contributed by atoms with Crippen LogP contribution in [0.4, 0.5) is 4.79 Å². The van der Waals surface area contributed by atoms with Crippen molar-refractivity contribution in [2.75, 3.05) is 0 Å². The second-order valence-electron chi connectivity index (χ2n) is 6.79. The number of para-hydroxylation sites is 1. The van der Waals surface area contributed by atoms with Crippen LogP contribution < -0.4 is 10.6 Å². The molecule has 0 aliphatic heterocycles. The predicted octanol–water partition coefficient (Wildman–Crippen LogP) is 4.24. The van der Waals surface area contributed by atoms with E-state index in [1.165, 1.54) is 5.56 Å². The molecular weight excluding hydrogens is 352 g/mol. The lowest BCUT2D eigenvalue weighted by Crippen LogP contribution is -2.36. The predicted molar refractivity (Wildman–Crippen MR) is 108 cm³/mol. The molecule has 2 aromatic carbocycles. The molecule has 6 heteroatoms. The van der Waals surface area contributed by atoms with E-state index in [9.17, 15) is 4.79 Å². The molecule has 2 aromatic heterocycles. The molecule has 0 bridgehead atoms. The van der Waals surface area contributed by atoms with Gasteiger partial charge in [0.25, 0.3) is 0 Å². The van der Waals surface area contributed by atoms with Gasteiger partial charge in [-0.05, 0) is 30.2 Å². The quantitative estimate of drug-likeness (QED) is 0.530. The van der Waals surface area contributed by atoms with Gasteiger partial charge in [-0.2, -0.15) is 0 Å². The summed E-state index contributed by atoms with van der Waals surface area (Å²) in [6, 6.07) is 17.5. The second kappa shape index (κ2) is 8.00. The first-order valence-electron chi connectivity index (χ1n) is 9.24. The smallest absolute Gasteiger partial charge is 0.315 e. The highest BCUT2D eigenvalue weighted by molar-refractivity contribution is 5.78. The molecule has 2 amide bonds. The van der Waals surface area contributed by atoms with Crippen LogP contribution in [0.1, 0.15) is 29.9 Å². The maximum absolute atomic E-state index is 12.2. The van der Waals surface area contributed by atoms with Crippen molar-refractivity contribution < 1.29 is 9.21 Å². The average Bonchev–Trinajstić information content (AvgIpc) is 3.37. The van der Waals surface area contributed by atoms with Crippen molar-refractivity contribution in [3.63, 3.8) is 0 Å². The average molecular weight is 374 g/mol. The van der Waals surface area contributed by atoms with Crippen LogP contribution in [0.5, 0.6) is 0 Å². The van der Waals surface area contributed by atoms with E-state index in [1.54, 1.807) is 12.5 Å². The fourth-order valence-electron chi connectivity index (χ4n) is 3.07. The molecule has 28 heavy (non-hydrogen) atoms. The zero-order valence-corrected chi connectivity index (χ0v) is 15.6. The van der Waals surface area contributed by atoms with Crippen molar-refractivity contribution >= 4 is 17.0 Å². The Labute approximate surface area is 163 Å². The Balaban J connectivity index is 1.29. The van der Waals surface area contributed by atoms with Gasteiger partial charge in [0, 0.05) is 30.9 Å². The van der Waals surface area contributed by atoms with Crippen molar-refractivity contribution in [2.24, 2.45) is 0 Å². The highest BCUT2D eigenvalue weighted by Crippen LogP contribution is 2.23. The minimum Gasteiger partial charge on any atom is -0.459 e. The Morgan fingerprint density at radius 1 is 1.14 bits per heavy atom. The number of rotatable bonds is 6. The van der Waals surface area contributed by atoms with Crippen molar-refractivity contribution in [3.05, 3.63) is 90.2 Å². The molecule has 1 unspecified atom stereocenters. The largest absolute Gasteiger partial charge is 0.459 e. The molecule has 4 aromatic rings. The third kappa shape index (κ3) is 4.23. The van der Waals surface area contributed by atoms with Gasteiger partial charge < -0.3 is 19.6 Å². The number of nitrogens with one attached hydrogen (secondary N) is 2. The first-order chi connectivity index (χ1) is 13.7. The number of nitrogens with zero attached hydrogens (tertiary/aromatic N) is 2. The number of imidazole rings is 1. The molecule has 0 saturated heterocycles. The number of amides is 2. The second-order valence-corrected chi connectivity index (χ2v) is 6.79. The number of furan rings is 1. The Hall–Kier alpha value is -3.54. The fraction of sp³-hybridized carbons (Fsp3) is 0.182. The molecule has 0 spiro atoms. The number of benzene rings is 2. The molecule has 6 nitrogen and oxygen atoms in total. The molecule has 2 N–H and O–H groups in total. The van der Waals surface area contributed by atoms with Crippen LogP contribution in [0.15, 0.2) is 77.7 Å². The summed E-state index contributed by atoms with van der Waals surface area (Å²) in [6.07, 6.45) is 5.50. The lowest BCUT2D eigenvalue weighted by molar-refractivity contribution is 0.236. The number of hydrogen-bond acceptors (Lipinski definition) is 3. The normalized spacial score (nSPS) is 12.0. The molecule has 0 saturated carbocycles. The topological polar surface area (TPSA) is 72.1 Å². The van der Waals surface area contributed by atoms with E-state index in [4.69, 9.17) is 4.42 Å². The highest BCUT2D eigenvalue weighted by atomic mass is 16.3. The number of carbonyl (C=O) groups is 1.